The highest BCUT2D eigenvalue weighted by Gasteiger charge is 2.19. The van der Waals surface area contributed by atoms with Crippen molar-refractivity contribution >= 4 is 27.9 Å². The van der Waals surface area contributed by atoms with E-state index < -0.39 is 11.2 Å². The summed E-state index contributed by atoms with van der Waals surface area (Å²) >= 11 is 0. The van der Waals surface area contributed by atoms with E-state index in [0.29, 0.717) is 36.7 Å². The third-order valence-corrected chi connectivity index (χ3v) is 6.22. The quantitative estimate of drug-likeness (QED) is 0.218. The molecular weight excluding hydrogens is 486 g/mol. The van der Waals surface area contributed by atoms with E-state index in [1.165, 1.54) is 18.5 Å². The van der Waals surface area contributed by atoms with Gasteiger partial charge in [-0.3, -0.25) is 23.7 Å². The van der Waals surface area contributed by atoms with Crippen LogP contribution in [0.25, 0.3) is 21.9 Å². The van der Waals surface area contributed by atoms with Crippen LogP contribution in [0.3, 0.4) is 0 Å². The minimum atomic E-state index is -0.473. The third-order valence-electron chi connectivity index (χ3n) is 6.22. The molecular formula is C28H33N5O5. The van der Waals surface area contributed by atoms with E-state index in [9.17, 15) is 14.4 Å². The van der Waals surface area contributed by atoms with E-state index >= 15 is 0 Å². The monoisotopic (exact) mass is 519 g/mol. The maximum atomic E-state index is 13.0. The predicted octanol–water partition coefficient (Wildman–Crippen LogP) is 3.55. The van der Waals surface area contributed by atoms with Crippen LogP contribution < -0.4 is 16.0 Å². The summed E-state index contributed by atoms with van der Waals surface area (Å²) < 4.78 is 13.8. The average Bonchev–Trinajstić information content (AvgIpc) is 2.90. The Balaban J connectivity index is 1.71. The molecule has 0 fully saturated rings. The first-order chi connectivity index (χ1) is 18.3. The second-order valence-electron chi connectivity index (χ2n) is 9.74. The van der Waals surface area contributed by atoms with Crippen LogP contribution in [0.2, 0.25) is 0 Å². The number of ether oxygens (including phenoxy) is 2. The molecule has 4 aromatic rings. The van der Waals surface area contributed by atoms with Crippen molar-refractivity contribution in [3.8, 4) is 5.75 Å². The number of pyridine rings is 1. The zero-order valence-electron chi connectivity index (χ0n) is 22.3. The Morgan fingerprint density at radius 3 is 2.58 bits per heavy atom. The first-order valence-corrected chi connectivity index (χ1v) is 12.8. The number of aromatic nitrogens is 5. The molecule has 0 aliphatic heterocycles. The Morgan fingerprint density at radius 1 is 1.03 bits per heavy atom. The predicted molar refractivity (Wildman–Crippen MR) is 144 cm³/mol. The van der Waals surface area contributed by atoms with E-state index in [0.717, 1.165) is 34.6 Å². The van der Waals surface area contributed by atoms with Crippen LogP contribution in [0.15, 0.2) is 46.2 Å². The molecule has 10 nitrogen and oxygen atoms in total. The van der Waals surface area contributed by atoms with Crippen LogP contribution in [0, 0.1) is 5.92 Å². The number of rotatable bonds is 11. The highest BCUT2D eigenvalue weighted by atomic mass is 16.5. The highest BCUT2D eigenvalue weighted by Crippen LogP contribution is 2.25. The minimum absolute atomic E-state index is 0.104. The van der Waals surface area contributed by atoms with Crippen LogP contribution in [0.1, 0.15) is 51.4 Å². The van der Waals surface area contributed by atoms with Gasteiger partial charge in [-0.25, -0.2) is 14.8 Å². The first-order valence-electron chi connectivity index (χ1n) is 12.8. The standard InChI is InChI=1S/C28H33N5O5/c1-18(2)16-33-26-25(27(35)32(4)28(33)36)30-22(12-6-5-9-13-37-19(3)34)23(31-26)17-38-24-15-29-14-20-10-7-8-11-21(20)24/h7-8,10-11,14-15,18H,5-6,9,12-13,16-17H2,1-4H3. The van der Waals surface area contributed by atoms with Crippen LogP contribution in [-0.2, 0) is 36.2 Å². The number of benzene rings is 1. The number of esters is 1. The number of fused-ring (bicyclic) bond motifs is 2. The number of hydrogen-bond donors (Lipinski definition) is 0. The van der Waals surface area contributed by atoms with Gasteiger partial charge in [-0.1, -0.05) is 38.1 Å². The van der Waals surface area contributed by atoms with Gasteiger partial charge >= 0.3 is 11.7 Å². The molecule has 0 amide bonds. The van der Waals surface area contributed by atoms with Crippen molar-refractivity contribution < 1.29 is 14.3 Å². The lowest BCUT2D eigenvalue weighted by Gasteiger charge is -2.16. The minimum Gasteiger partial charge on any atom is -0.485 e. The fourth-order valence-corrected chi connectivity index (χ4v) is 4.33. The van der Waals surface area contributed by atoms with E-state index in [1.807, 2.05) is 38.1 Å². The summed E-state index contributed by atoms with van der Waals surface area (Å²) in [5.74, 6) is 0.477. The molecule has 0 radical (unpaired) electrons. The molecule has 0 aliphatic rings. The van der Waals surface area contributed by atoms with Gasteiger partial charge in [0, 0.05) is 37.5 Å². The molecule has 3 aromatic heterocycles. The van der Waals surface area contributed by atoms with Gasteiger partial charge in [-0.05, 0) is 31.6 Å². The number of hydrogen-bond acceptors (Lipinski definition) is 8. The van der Waals surface area contributed by atoms with Gasteiger partial charge in [0.2, 0.25) is 0 Å². The van der Waals surface area contributed by atoms with Crippen molar-refractivity contribution in [1.29, 1.82) is 0 Å². The van der Waals surface area contributed by atoms with Crippen molar-refractivity contribution in [2.24, 2.45) is 13.0 Å². The Kier molecular flexibility index (Phi) is 8.50. The maximum absolute atomic E-state index is 13.0. The summed E-state index contributed by atoms with van der Waals surface area (Å²) in [6, 6.07) is 7.81. The topological polar surface area (TPSA) is 118 Å². The maximum Gasteiger partial charge on any atom is 0.332 e. The van der Waals surface area contributed by atoms with Gasteiger partial charge in [0.15, 0.2) is 11.2 Å². The van der Waals surface area contributed by atoms with Gasteiger partial charge in [-0.15, -0.1) is 0 Å². The van der Waals surface area contributed by atoms with Crippen LogP contribution in [0.4, 0.5) is 0 Å². The van der Waals surface area contributed by atoms with Gasteiger partial charge in [-0.2, -0.15) is 0 Å². The zero-order valence-corrected chi connectivity index (χ0v) is 22.3. The van der Waals surface area contributed by atoms with Gasteiger partial charge in [0.05, 0.1) is 18.5 Å². The zero-order chi connectivity index (χ0) is 27.2. The molecule has 0 bridgehead atoms. The van der Waals surface area contributed by atoms with Crippen molar-refractivity contribution in [2.45, 2.75) is 59.6 Å². The summed E-state index contributed by atoms with van der Waals surface area (Å²) in [5, 5.41) is 1.88. The molecule has 4 rings (SSSR count). The lowest BCUT2D eigenvalue weighted by Crippen LogP contribution is -2.40. The Hall–Kier alpha value is -4.08. The van der Waals surface area contributed by atoms with Gasteiger partial charge < -0.3 is 9.47 Å². The van der Waals surface area contributed by atoms with Gasteiger partial charge in [0.1, 0.15) is 18.1 Å². The SMILES string of the molecule is CC(=O)OCCCCCc1nc2c(=O)n(C)c(=O)n(CC(C)C)c2nc1COc1cncc2ccccc12. The summed E-state index contributed by atoms with van der Waals surface area (Å²) in [4.78, 5) is 50.8. The van der Waals surface area contributed by atoms with Gasteiger partial charge in [0.25, 0.3) is 5.56 Å². The van der Waals surface area contributed by atoms with Crippen LogP contribution in [-0.4, -0.2) is 36.7 Å². The van der Waals surface area contributed by atoms with Crippen LogP contribution >= 0.6 is 0 Å². The summed E-state index contributed by atoms with van der Waals surface area (Å²) in [7, 11) is 1.46. The second kappa shape index (κ2) is 12.0. The molecule has 0 atom stereocenters. The average molecular weight is 520 g/mol. The molecule has 3 heterocycles. The number of aryl methyl sites for hydroxylation is 1. The highest BCUT2D eigenvalue weighted by molar-refractivity contribution is 5.87. The molecule has 0 N–H and O–H groups in total. The molecule has 1 aromatic carbocycles. The Labute approximate surface area is 220 Å². The van der Waals surface area contributed by atoms with Crippen molar-refractivity contribution in [3.63, 3.8) is 0 Å². The van der Waals surface area contributed by atoms with E-state index in [1.54, 1.807) is 12.4 Å². The van der Waals surface area contributed by atoms with Crippen molar-refractivity contribution in [2.75, 3.05) is 6.61 Å². The molecule has 0 saturated carbocycles. The number of carbonyl (C=O) groups excluding carboxylic acids is 1. The molecule has 200 valence electrons. The Morgan fingerprint density at radius 2 is 1.82 bits per heavy atom. The molecule has 38 heavy (non-hydrogen) atoms. The normalized spacial score (nSPS) is 11.4. The summed E-state index contributed by atoms with van der Waals surface area (Å²) in [6.07, 6.45) is 6.29. The lowest BCUT2D eigenvalue weighted by atomic mass is 10.1. The molecule has 10 heteroatoms. The summed E-state index contributed by atoms with van der Waals surface area (Å²) in [5.41, 5.74) is 0.743. The third kappa shape index (κ3) is 6.07. The number of unbranched alkanes of at least 4 members (excludes halogenated alkanes) is 2. The summed E-state index contributed by atoms with van der Waals surface area (Å²) in [6.45, 7) is 6.26. The second-order valence-corrected chi connectivity index (χ2v) is 9.74. The van der Waals surface area contributed by atoms with Crippen molar-refractivity contribution in [3.05, 3.63) is 68.9 Å². The largest absolute Gasteiger partial charge is 0.485 e. The molecule has 0 saturated heterocycles. The van der Waals surface area contributed by atoms with Crippen LogP contribution in [0.5, 0.6) is 5.75 Å². The fraction of sp³-hybridized carbons (Fsp3) is 0.429. The molecule has 0 aliphatic carbocycles. The van der Waals surface area contributed by atoms with E-state index in [2.05, 4.69) is 4.98 Å². The number of carbonyl (C=O) groups is 1. The lowest BCUT2D eigenvalue weighted by molar-refractivity contribution is -0.141. The number of nitrogens with zero attached hydrogens (tertiary/aromatic N) is 5. The first kappa shape index (κ1) is 27.0. The van der Waals surface area contributed by atoms with E-state index in [-0.39, 0.29) is 29.7 Å². The Bertz CT molecular complexity index is 1570. The molecule has 0 unspecified atom stereocenters. The fourth-order valence-electron chi connectivity index (χ4n) is 4.33. The smallest absolute Gasteiger partial charge is 0.332 e. The molecule has 0 spiro atoms. The van der Waals surface area contributed by atoms with Crippen molar-refractivity contribution in [1.82, 2.24) is 24.1 Å². The van der Waals surface area contributed by atoms with E-state index in [4.69, 9.17) is 19.4 Å².